The van der Waals surface area contributed by atoms with Crippen LogP contribution in [-0.2, 0) is 0 Å². The molecule has 0 fully saturated rings. The maximum atomic E-state index is 13.3. The van der Waals surface area contributed by atoms with E-state index in [0.29, 0.717) is 22.8 Å². The Labute approximate surface area is 174 Å². The molecule has 1 aliphatic heterocycles. The van der Waals surface area contributed by atoms with E-state index in [1.165, 1.54) is 0 Å². The first-order valence-electron chi connectivity index (χ1n) is 9.77. The number of hydrogen-bond donors (Lipinski definition) is 1. The lowest BCUT2D eigenvalue weighted by Crippen LogP contribution is -2.14. The van der Waals surface area contributed by atoms with E-state index in [-0.39, 0.29) is 12.7 Å². The highest BCUT2D eigenvalue weighted by Gasteiger charge is 2.18. The highest BCUT2D eigenvalue weighted by atomic mass is 16.7. The number of nitrogens with one attached hydrogen (secondary N) is 1. The number of aryl methyl sites for hydroxylation is 2. The number of nitrogens with zero attached hydrogens (tertiary/aromatic N) is 1. The third-order valence-corrected chi connectivity index (χ3v) is 5.35. The lowest BCUT2D eigenvalue weighted by atomic mass is 10.0. The average Bonchev–Trinajstić information content (AvgIpc) is 3.23. The molecule has 1 amide bonds. The topological polar surface area (TPSA) is 60.5 Å². The first kappa shape index (κ1) is 18.2. The number of anilines is 1. The molecule has 0 aliphatic carbocycles. The van der Waals surface area contributed by atoms with E-state index in [4.69, 9.17) is 14.5 Å². The van der Waals surface area contributed by atoms with E-state index < -0.39 is 0 Å². The molecule has 5 nitrogen and oxygen atoms in total. The summed E-state index contributed by atoms with van der Waals surface area (Å²) in [5, 5.41) is 3.91. The number of amides is 1. The largest absolute Gasteiger partial charge is 0.454 e. The first-order chi connectivity index (χ1) is 14.6. The molecular formula is C25H20N2O3. The fourth-order valence-electron chi connectivity index (χ4n) is 3.76. The number of hydrogen-bond acceptors (Lipinski definition) is 4. The highest BCUT2D eigenvalue weighted by Crippen LogP contribution is 2.36. The Morgan fingerprint density at radius 3 is 2.50 bits per heavy atom. The molecule has 1 N–H and O–H groups in total. The van der Waals surface area contributed by atoms with E-state index in [9.17, 15) is 4.79 Å². The zero-order valence-electron chi connectivity index (χ0n) is 16.7. The Kier molecular flexibility index (Phi) is 4.36. The maximum absolute atomic E-state index is 13.3. The van der Waals surface area contributed by atoms with Gasteiger partial charge in [-0.05, 0) is 55.3 Å². The second kappa shape index (κ2) is 7.19. The van der Waals surface area contributed by atoms with Crippen LogP contribution in [0.15, 0.2) is 66.7 Å². The number of ether oxygens (including phenoxy) is 2. The van der Waals surface area contributed by atoms with E-state index in [1.54, 1.807) is 0 Å². The Morgan fingerprint density at radius 1 is 0.900 bits per heavy atom. The predicted molar refractivity (Wildman–Crippen MR) is 117 cm³/mol. The molecule has 0 saturated heterocycles. The SMILES string of the molecule is Cc1cccc(C)c1NC(=O)c1cc(-c2ccc3c(c2)OCO3)nc2ccccc12. The van der Waals surface area contributed by atoms with Crippen LogP contribution in [-0.4, -0.2) is 17.7 Å². The number of fused-ring (bicyclic) bond motifs is 2. The molecule has 5 heteroatoms. The van der Waals surface area contributed by atoms with Gasteiger partial charge in [-0.25, -0.2) is 4.98 Å². The van der Waals surface area contributed by atoms with Gasteiger partial charge in [0.2, 0.25) is 6.79 Å². The van der Waals surface area contributed by atoms with Gasteiger partial charge in [0.25, 0.3) is 5.91 Å². The van der Waals surface area contributed by atoms with Gasteiger partial charge in [-0.3, -0.25) is 4.79 Å². The summed E-state index contributed by atoms with van der Waals surface area (Å²) >= 11 is 0. The van der Waals surface area contributed by atoms with Gasteiger partial charge in [0.05, 0.1) is 16.8 Å². The molecule has 0 atom stereocenters. The Morgan fingerprint density at radius 2 is 1.67 bits per heavy atom. The predicted octanol–water partition coefficient (Wildman–Crippen LogP) is 5.50. The van der Waals surface area contributed by atoms with Crippen molar-refractivity contribution in [3.8, 4) is 22.8 Å². The maximum Gasteiger partial charge on any atom is 0.256 e. The third-order valence-electron chi connectivity index (χ3n) is 5.35. The zero-order valence-corrected chi connectivity index (χ0v) is 16.7. The van der Waals surface area contributed by atoms with Crippen LogP contribution in [0.4, 0.5) is 5.69 Å². The zero-order chi connectivity index (χ0) is 20.7. The molecule has 0 saturated carbocycles. The van der Waals surface area contributed by atoms with Crippen molar-refractivity contribution in [3.63, 3.8) is 0 Å². The minimum absolute atomic E-state index is 0.159. The molecule has 30 heavy (non-hydrogen) atoms. The second-order valence-electron chi connectivity index (χ2n) is 7.36. The van der Waals surface area contributed by atoms with Crippen LogP contribution in [0.3, 0.4) is 0 Å². The molecule has 148 valence electrons. The second-order valence-corrected chi connectivity index (χ2v) is 7.36. The molecule has 0 unspecified atom stereocenters. The molecule has 1 aliphatic rings. The quantitative estimate of drug-likeness (QED) is 0.497. The van der Waals surface area contributed by atoms with Crippen molar-refractivity contribution >= 4 is 22.5 Å². The summed E-state index contributed by atoms with van der Waals surface area (Å²) < 4.78 is 10.9. The number of benzene rings is 3. The molecule has 4 aromatic rings. The summed E-state index contributed by atoms with van der Waals surface area (Å²) in [6.45, 7) is 4.20. The van der Waals surface area contributed by atoms with Crippen molar-refractivity contribution in [3.05, 3.63) is 83.4 Å². The van der Waals surface area contributed by atoms with Crippen LogP contribution >= 0.6 is 0 Å². The summed E-state index contributed by atoms with van der Waals surface area (Å²) in [6.07, 6.45) is 0. The van der Waals surface area contributed by atoms with Crippen molar-refractivity contribution in [2.24, 2.45) is 0 Å². The molecule has 0 radical (unpaired) electrons. The standard InChI is InChI=1S/C25H20N2O3/c1-15-6-5-7-16(2)24(15)27-25(28)19-13-21(26-20-9-4-3-8-18(19)20)17-10-11-22-23(12-17)30-14-29-22/h3-13H,14H2,1-2H3,(H,27,28). The molecule has 2 heterocycles. The number of carbonyl (C=O) groups is 1. The third kappa shape index (κ3) is 3.14. The molecule has 0 spiro atoms. The van der Waals surface area contributed by atoms with Crippen LogP contribution in [0.2, 0.25) is 0 Å². The number of para-hydroxylation sites is 2. The van der Waals surface area contributed by atoms with Gasteiger partial charge in [-0.15, -0.1) is 0 Å². The van der Waals surface area contributed by atoms with Gasteiger partial charge >= 0.3 is 0 Å². The Hall–Kier alpha value is -3.86. The summed E-state index contributed by atoms with van der Waals surface area (Å²) in [4.78, 5) is 18.1. The summed E-state index contributed by atoms with van der Waals surface area (Å²) in [7, 11) is 0. The van der Waals surface area contributed by atoms with E-state index in [2.05, 4.69) is 5.32 Å². The van der Waals surface area contributed by atoms with Gasteiger partial charge in [0.1, 0.15) is 0 Å². The smallest absolute Gasteiger partial charge is 0.256 e. The van der Waals surface area contributed by atoms with Crippen molar-refractivity contribution < 1.29 is 14.3 Å². The normalized spacial score (nSPS) is 12.2. The van der Waals surface area contributed by atoms with Crippen LogP contribution in [0.5, 0.6) is 11.5 Å². The van der Waals surface area contributed by atoms with Crippen molar-refractivity contribution in [1.29, 1.82) is 0 Å². The monoisotopic (exact) mass is 396 g/mol. The van der Waals surface area contributed by atoms with E-state index in [1.807, 2.05) is 80.6 Å². The minimum atomic E-state index is -0.159. The molecule has 5 rings (SSSR count). The molecule has 0 bridgehead atoms. The van der Waals surface area contributed by atoms with Crippen molar-refractivity contribution in [2.45, 2.75) is 13.8 Å². The number of rotatable bonds is 3. The van der Waals surface area contributed by atoms with Gasteiger partial charge in [-0.2, -0.15) is 0 Å². The number of aromatic nitrogens is 1. The van der Waals surface area contributed by atoms with Gasteiger partial charge in [0, 0.05) is 16.6 Å². The van der Waals surface area contributed by atoms with E-state index >= 15 is 0 Å². The fraction of sp³-hybridized carbons (Fsp3) is 0.120. The first-order valence-corrected chi connectivity index (χ1v) is 9.77. The van der Waals surface area contributed by atoms with Crippen LogP contribution in [0, 0.1) is 13.8 Å². The lowest BCUT2D eigenvalue weighted by molar-refractivity contribution is 0.102. The highest BCUT2D eigenvalue weighted by molar-refractivity contribution is 6.13. The van der Waals surface area contributed by atoms with Crippen LogP contribution < -0.4 is 14.8 Å². The fourth-order valence-corrected chi connectivity index (χ4v) is 3.76. The Bertz CT molecular complexity index is 1280. The van der Waals surface area contributed by atoms with Crippen molar-refractivity contribution in [1.82, 2.24) is 4.98 Å². The molecular weight excluding hydrogens is 376 g/mol. The molecule has 3 aromatic carbocycles. The van der Waals surface area contributed by atoms with Crippen LogP contribution in [0.25, 0.3) is 22.2 Å². The Balaban J connectivity index is 1.61. The van der Waals surface area contributed by atoms with Crippen LogP contribution in [0.1, 0.15) is 21.5 Å². The summed E-state index contributed by atoms with van der Waals surface area (Å²) in [6, 6.07) is 21.2. The summed E-state index contributed by atoms with van der Waals surface area (Å²) in [5.41, 5.74) is 5.81. The average molecular weight is 396 g/mol. The van der Waals surface area contributed by atoms with Crippen molar-refractivity contribution in [2.75, 3.05) is 12.1 Å². The van der Waals surface area contributed by atoms with Gasteiger partial charge in [0.15, 0.2) is 11.5 Å². The molecule has 1 aromatic heterocycles. The van der Waals surface area contributed by atoms with E-state index in [0.717, 1.165) is 33.3 Å². The number of pyridine rings is 1. The van der Waals surface area contributed by atoms with Gasteiger partial charge in [-0.1, -0.05) is 36.4 Å². The number of carbonyl (C=O) groups excluding carboxylic acids is 1. The van der Waals surface area contributed by atoms with Gasteiger partial charge < -0.3 is 14.8 Å². The summed E-state index contributed by atoms with van der Waals surface area (Å²) in [5.74, 6) is 1.24. The lowest BCUT2D eigenvalue weighted by Gasteiger charge is -2.14. The minimum Gasteiger partial charge on any atom is -0.454 e.